The molecule has 0 aliphatic heterocycles. The van der Waals surface area contributed by atoms with Crippen molar-refractivity contribution in [2.24, 2.45) is 52.3 Å². The van der Waals surface area contributed by atoms with Gasteiger partial charge in [0.25, 0.3) is 0 Å². The first-order valence-corrected chi connectivity index (χ1v) is 16.2. The molecule has 0 saturated heterocycles. The predicted octanol–water partition coefficient (Wildman–Crippen LogP) is 6.74. The number of hydrogen-bond donors (Lipinski definition) is 1. The summed E-state index contributed by atoms with van der Waals surface area (Å²) in [5.74, 6) is 5.32. The maximum atomic E-state index is 9.94. The summed E-state index contributed by atoms with van der Waals surface area (Å²) in [5, 5.41) is 9.94. The molecule has 168 valence electrons. The maximum Gasteiger partial charge on any atom is 0.184 e. The van der Waals surface area contributed by atoms with E-state index in [1.54, 1.807) is 0 Å². The molecular formula is C26H48O2Si. The molecule has 0 amide bonds. The van der Waals surface area contributed by atoms with Gasteiger partial charge in [-0.1, -0.05) is 34.1 Å². The average molecular weight is 421 g/mol. The Morgan fingerprint density at radius 1 is 0.966 bits per heavy atom. The number of aliphatic hydroxyl groups excluding tert-OH is 1. The monoisotopic (exact) mass is 420 g/mol. The lowest BCUT2D eigenvalue weighted by Crippen LogP contribution is -2.60. The lowest BCUT2D eigenvalue weighted by atomic mass is 9.43. The van der Waals surface area contributed by atoms with Crippen molar-refractivity contribution in [1.82, 2.24) is 0 Å². The summed E-state index contributed by atoms with van der Waals surface area (Å²) < 4.78 is 7.04. The lowest BCUT2D eigenvalue weighted by Gasteiger charge is -2.63. The largest absolute Gasteiger partial charge is 0.414 e. The third-order valence-corrected chi connectivity index (χ3v) is 11.5. The number of aliphatic hydroxyl groups is 1. The van der Waals surface area contributed by atoms with Crippen LogP contribution >= 0.6 is 0 Å². The lowest BCUT2D eigenvalue weighted by molar-refractivity contribution is -0.164. The van der Waals surface area contributed by atoms with Gasteiger partial charge in [-0.3, -0.25) is 0 Å². The molecule has 0 bridgehead atoms. The van der Waals surface area contributed by atoms with Gasteiger partial charge in [0.1, 0.15) is 0 Å². The second-order valence-electron chi connectivity index (χ2n) is 13.3. The minimum Gasteiger partial charge on any atom is -0.414 e. The summed E-state index contributed by atoms with van der Waals surface area (Å²) in [5.41, 5.74) is 0.952. The van der Waals surface area contributed by atoms with Crippen molar-refractivity contribution in [3.8, 4) is 0 Å². The highest BCUT2D eigenvalue weighted by Crippen LogP contribution is 2.69. The van der Waals surface area contributed by atoms with Crippen LogP contribution in [0, 0.1) is 52.3 Å². The molecule has 1 N–H and O–H groups in total. The van der Waals surface area contributed by atoms with Gasteiger partial charge in [-0.15, -0.1) is 0 Å². The van der Waals surface area contributed by atoms with Crippen LogP contribution in [0.1, 0.15) is 79.1 Å². The summed E-state index contributed by atoms with van der Waals surface area (Å²) in [4.78, 5) is 0. The molecule has 0 aromatic heterocycles. The van der Waals surface area contributed by atoms with Gasteiger partial charge in [0, 0.05) is 12.7 Å². The smallest absolute Gasteiger partial charge is 0.184 e. The fourth-order valence-electron chi connectivity index (χ4n) is 9.09. The van der Waals surface area contributed by atoms with Gasteiger partial charge in [0.2, 0.25) is 0 Å². The van der Waals surface area contributed by atoms with Crippen LogP contribution in [0.5, 0.6) is 0 Å². The summed E-state index contributed by atoms with van der Waals surface area (Å²) >= 11 is 0. The molecule has 10 atom stereocenters. The molecule has 4 saturated carbocycles. The van der Waals surface area contributed by atoms with E-state index in [1.165, 1.54) is 51.4 Å². The Bertz CT molecular complexity index is 600. The molecule has 3 heteroatoms. The maximum absolute atomic E-state index is 9.94. The Balaban J connectivity index is 1.69. The normalized spacial score (nSPS) is 51.1. The summed E-state index contributed by atoms with van der Waals surface area (Å²) in [7, 11) is -1.57. The number of fused-ring (bicyclic) bond motifs is 5. The van der Waals surface area contributed by atoms with Crippen LogP contribution in [0.3, 0.4) is 0 Å². The molecule has 0 heterocycles. The summed E-state index contributed by atoms with van der Waals surface area (Å²) in [6, 6.07) is 0. The molecule has 2 nitrogen and oxygen atoms in total. The first-order chi connectivity index (χ1) is 13.5. The highest BCUT2D eigenvalue weighted by Gasteiger charge is 2.63. The second-order valence-corrected chi connectivity index (χ2v) is 17.7. The van der Waals surface area contributed by atoms with Crippen LogP contribution < -0.4 is 0 Å². The fraction of sp³-hybridized carbons (Fsp3) is 1.00. The van der Waals surface area contributed by atoms with Gasteiger partial charge in [0.15, 0.2) is 8.32 Å². The average Bonchev–Trinajstić information content (AvgIpc) is 2.98. The summed E-state index contributed by atoms with van der Waals surface area (Å²) in [6.45, 7) is 17.6. The molecule has 4 fully saturated rings. The van der Waals surface area contributed by atoms with Gasteiger partial charge in [0.05, 0.1) is 0 Å². The third kappa shape index (κ3) is 3.69. The van der Waals surface area contributed by atoms with E-state index in [0.29, 0.717) is 35.4 Å². The van der Waals surface area contributed by atoms with Crippen molar-refractivity contribution < 1.29 is 9.53 Å². The van der Waals surface area contributed by atoms with Crippen molar-refractivity contribution >= 4 is 8.32 Å². The van der Waals surface area contributed by atoms with Crippen LogP contribution in [-0.4, -0.2) is 26.1 Å². The van der Waals surface area contributed by atoms with Crippen molar-refractivity contribution in [2.45, 2.75) is 105 Å². The molecule has 0 unspecified atom stereocenters. The van der Waals surface area contributed by atoms with E-state index in [1.807, 2.05) is 0 Å². The van der Waals surface area contributed by atoms with Crippen LogP contribution in [0.15, 0.2) is 0 Å². The topological polar surface area (TPSA) is 29.5 Å². The van der Waals surface area contributed by atoms with Crippen molar-refractivity contribution in [2.75, 3.05) is 6.61 Å². The van der Waals surface area contributed by atoms with E-state index < -0.39 is 8.32 Å². The van der Waals surface area contributed by atoms with E-state index >= 15 is 0 Å². The quantitative estimate of drug-likeness (QED) is 0.510. The Kier molecular flexibility index (Phi) is 5.87. The minimum atomic E-state index is -1.57. The first kappa shape index (κ1) is 22.3. The molecule has 0 spiro atoms. The Morgan fingerprint density at radius 2 is 1.62 bits per heavy atom. The van der Waals surface area contributed by atoms with Gasteiger partial charge in [-0.05, 0) is 117 Å². The standard InChI is InChI=1S/C26H48O2Si/c1-17-10-12-25(3)19(14-17)15-23(28-29(5,6)7)24-21-9-8-20(18(2)16-27)26(21,4)13-11-22(24)25/h17-24,27H,8-16H2,1-7H3/t17-,18-,19+,20-,21+,22+,23-,24+,25+,26-/m1/s1. The van der Waals surface area contributed by atoms with Crippen molar-refractivity contribution in [3.05, 3.63) is 0 Å². The molecule has 4 aliphatic rings. The molecule has 29 heavy (non-hydrogen) atoms. The van der Waals surface area contributed by atoms with Crippen LogP contribution in [0.2, 0.25) is 19.6 Å². The molecule has 4 rings (SSSR count). The Morgan fingerprint density at radius 3 is 2.28 bits per heavy atom. The zero-order chi connectivity index (χ0) is 21.2. The summed E-state index contributed by atoms with van der Waals surface area (Å²) in [6.07, 6.45) is 11.6. The van der Waals surface area contributed by atoms with Crippen LogP contribution in [-0.2, 0) is 4.43 Å². The van der Waals surface area contributed by atoms with Gasteiger partial charge in [-0.25, -0.2) is 0 Å². The zero-order valence-electron chi connectivity index (χ0n) is 20.3. The van der Waals surface area contributed by atoms with E-state index in [9.17, 15) is 5.11 Å². The Hall–Kier alpha value is 0.137. The van der Waals surface area contributed by atoms with E-state index in [0.717, 1.165) is 29.6 Å². The molecule has 4 aliphatic carbocycles. The molecular weight excluding hydrogens is 372 g/mol. The van der Waals surface area contributed by atoms with Gasteiger partial charge >= 0.3 is 0 Å². The van der Waals surface area contributed by atoms with Crippen molar-refractivity contribution in [1.29, 1.82) is 0 Å². The second kappa shape index (κ2) is 7.62. The highest BCUT2D eigenvalue weighted by molar-refractivity contribution is 6.69. The predicted molar refractivity (Wildman–Crippen MR) is 124 cm³/mol. The zero-order valence-corrected chi connectivity index (χ0v) is 21.3. The third-order valence-electron chi connectivity index (χ3n) is 10.5. The van der Waals surface area contributed by atoms with Crippen LogP contribution in [0.4, 0.5) is 0 Å². The number of rotatable bonds is 4. The molecule has 0 radical (unpaired) electrons. The first-order valence-electron chi connectivity index (χ1n) is 12.8. The highest BCUT2D eigenvalue weighted by atomic mass is 28.4. The van der Waals surface area contributed by atoms with Gasteiger partial charge in [-0.2, -0.15) is 0 Å². The fourth-order valence-corrected chi connectivity index (χ4v) is 10.3. The van der Waals surface area contributed by atoms with E-state index in [4.69, 9.17) is 4.43 Å². The van der Waals surface area contributed by atoms with Gasteiger partial charge < -0.3 is 9.53 Å². The molecule has 0 aromatic rings. The Labute approximate surface area is 181 Å². The van der Waals surface area contributed by atoms with Crippen molar-refractivity contribution in [3.63, 3.8) is 0 Å². The SMILES string of the molecule is C[C@@H]1CC[C@@]2(C)[C@@H](C1)C[C@@H](O[Si](C)(C)C)[C@@H]1[C@@H]2CC[C@]2(C)[C@@H]([C@H](C)CO)CC[C@@H]12. The van der Waals surface area contributed by atoms with E-state index in [2.05, 4.69) is 47.3 Å². The van der Waals surface area contributed by atoms with E-state index in [-0.39, 0.29) is 0 Å². The molecule has 0 aromatic carbocycles. The van der Waals surface area contributed by atoms with Crippen LogP contribution in [0.25, 0.3) is 0 Å². The number of hydrogen-bond acceptors (Lipinski definition) is 2. The minimum absolute atomic E-state index is 0.355.